The van der Waals surface area contributed by atoms with E-state index in [0.29, 0.717) is 12.4 Å². The molecule has 0 saturated heterocycles. The topological polar surface area (TPSA) is 72.0 Å². The lowest BCUT2D eigenvalue weighted by molar-refractivity contribution is -0.139. The van der Waals surface area contributed by atoms with Gasteiger partial charge in [0.2, 0.25) is 0 Å². The number of rotatable bonds is 4. The quantitative estimate of drug-likeness (QED) is 0.671. The molecule has 104 valence electrons. The molecule has 1 aliphatic rings. The van der Waals surface area contributed by atoms with E-state index in [4.69, 9.17) is 4.74 Å². The molecule has 5 heteroatoms. The number of aromatic nitrogens is 2. The van der Waals surface area contributed by atoms with Crippen molar-refractivity contribution in [3.63, 3.8) is 0 Å². The Hall–Kier alpha value is -2.39. The van der Waals surface area contributed by atoms with Gasteiger partial charge in [-0.1, -0.05) is 26.0 Å². The van der Waals surface area contributed by atoms with Crippen LogP contribution in [0.4, 0.5) is 0 Å². The van der Waals surface area contributed by atoms with E-state index < -0.39 is 11.9 Å². The summed E-state index contributed by atoms with van der Waals surface area (Å²) in [7, 11) is 0. The van der Waals surface area contributed by atoms with Gasteiger partial charge in [0.05, 0.1) is 23.7 Å². The summed E-state index contributed by atoms with van der Waals surface area (Å²) >= 11 is 0. The molecule has 1 aromatic heterocycles. The van der Waals surface area contributed by atoms with E-state index in [2.05, 4.69) is 9.97 Å². The minimum absolute atomic E-state index is 0.239. The van der Waals surface area contributed by atoms with Crippen LogP contribution < -0.4 is 0 Å². The third kappa shape index (κ3) is 2.95. The average Bonchev–Trinajstić information content (AvgIpc) is 2.97. The van der Waals surface area contributed by atoms with Gasteiger partial charge in [0.15, 0.2) is 0 Å². The molecule has 5 nitrogen and oxygen atoms in total. The first-order valence-electron chi connectivity index (χ1n) is 6.43. The Morgan fingerprint density at radius 1 is 1.55 bits per heavy atom. The van der Waals surface area contributed by atoms with E-state index in [1.807, 2.05) is 19.8 Å². The number of esters is 1. The Bertz CT molecular complexity index is 591. The van der Waals surface area contributed by atoms with Crippen molar-refractivity contribution in [2.45, 2.75) is 19.8 Å². The van der Waals surface area contributed by atoms with E-state index in [1.54, 1.807) is 30.6 Å². The monoisotopic (exact) mass is 272 g/mol. The van der Waals surface area contributed by atoms with Crippen LogP contribution in [0, 0.1) is 5.92 Å². The van der Waals surface area contributed by atoms with Crippen molar-refractivity contribution in [2.24, 2.45) is 5.92 Å². The summed E-state index contributed by atoms with van der Waals surface area (Å²) in [4.78, 5) is 30.3. The van der Waals surface area contributed by atoms with Crippen LogP contribution in [-0.2, 0) is 14.3 Å². The zero-order chi connectivity index (χ0) is 14.5. The lowest BCUT2D eigenvalue weighted by Crippen LogP contribution is -2.18. The highest BCUT2D eigenvalue weighted by Gasteiger charge is 2.28. The predicted octanol–water partition coefficient (Wildman–Crippen LogP) is 1.95. The molecule has 0 bridgehead atoms. The van der Waals surface area contributed by atoms with Crippen LogP contribution in [0.15, 0.2) is 41.8 Å². The second-order valence-corrected chi connectivity index (χ2v) is 4.93. The maximum Gasteiger partial charge on any atom is 0.339 e. The third-order valence-electron chi connectivity index (χ3n) is 2.86. The van der Waals surface area contributed by atoms with E-state index in [1.165, 1.54) is 0 Å². The summed E-state index contributed by atoms with van der Waals surface area (Å²) in [5, 5.41) is 0. The zero-order valence-electron chi connectivity index (χ0n) is 11.4. The lowest BCUT2D eigenvalue weighted by Gasteiger charge is -2.17. The number of carbonyl (C=O) groups excluding carboxylic acids is 2. The van der Waals surface area contributed by atoms with Gasteiger partial charge in [0.25, 0.3) is 0 Å². The van der Waals surface area contributed by atoms with E-state index in [0.717, 1.165) is 0 Å². The highest BCUT2D eigenvalue weighted by molar-refractivity contribution is 5.98. The molecule has 0 fully saturated rings. The Balaban J connectivity index is 2.22. The molecule has 1 atom stereocenters. The van der Waals surface area contributed by atoms with E-state index >= 15 is 0 Å². The molecular formula is C15H16N2O3. The van der Waals surface area contributed by atoms with Gasteiger partial charge in [0.1, 0.15) is 11.8 Å². The number of nitrogens with zero attached hydrogens (tertiary/aromatic N) is 1. The number of imidazole rings is 1. The average molecular weight is 272 g/mol. The van der Waals surface area contributed by atoms with Gasteiger partial charge in [-0.05, 0) is 12.0 Å². The van der Waals surface area contributed by atoms with Crippen molar-refractivity contribution in [3.8, 4) is 0 Å². The van der Waals surface area contributed by atoms with E-state index in [-0.39, 0.29) is 17.1 Å². The van der Waals surface area contributed by atoms with Crippen LogP contribution in [0.5, 0.6) is 0 Å². The van der Waals surface area contributed by atoms with Crippen LogP contribution in [0.25, 0.3) is 0 Å². The van der Waals surface area contributed by atoms with Crippen molar-refractivity contribution >= 4 is 11.9 Å². The van der Waals surface area contributed by atoms with Crippen LogP contribution in [0.3, 0.4) is 0 Å². The molecule has 0 aliphatic heterocycles. The Morgan fingerprint density at radius 3 is 2.95 bits per heavy atom. The van der Waals surface area contributed by atoms with Gasteiger partial charge in [-0.15, -0.1) is 0 Å². The standard InChI is InChI=1S/C15H16N2O3/c1-10(2)9-20-15(19)12-5-3-4-11(13(12)8-18)14-16-6-7-17-14/h3-7,10-11H,9H2,1-2H3,(H,16,17). The summed E-state index contributed by atoms with van der Waals surface area (Å²) in [5.41, 5.74) is 0.487. The Kier molecular flexibility index (Phi) is 4.33. The van der Waals surface area contributed by atoms with E-state index in [9.17, 15) is 9.59 Å². The highest BCUT2D eigenvalue weighted by Crippen LogP contribution is 2.31. The SMILES string of the molecule is CC(C)COC(=O)C1=CC=CC(c2ncc[nH]2)C1=C=O. The highest BCUT2D eigenvalue weighted by atomic mass is 16.5. The summed E-state index contributed by atoms with van der Waals surface area (Å²) in [6.45, 7) is 4.21. The molecule has 1 aromatic rings. The normalized spacial score (nSPS) is 17.9. The molecule has 1 aliphatic carbocycles. The van der Waals surface area contributed by atoms with Crippen LogP contribution in [0.2, 0.25) is 0 Å². The van der Waals surface area contributed by atoms with Crippen LogP contribution in [0.1, 0.15) is 25.6 Å². The number of carbonyl (C=O) groups is 1. The molecular weight excluding hydrogens is 256 g/mol. The van der Waals surface area contributed by atoms with Crippen LogP contribution >= 0.6 is 0 Å². The van der Waals surface area contributed by atoms with Crippen molar-refractivity contribution in [2.75, 3.05) is 6.61 Å². The first-order valence-corrected chi connectivity index (χ1v) is 6.43. The summed E-state index contributed by atoms with van der Waals surface area (Å²) in [5.74, 6) is 1.79. The smallest absolute Gasteiger partial charge is 0.339 e. The summed E-state index contributed by atoms with van der Waals surface area (Å²) < 4.78 is 5.17. The number of hydrogen-bond donors (Lipinski definition) is 1. The van der Waals surface area contributed by atoms with Crippen molar-refractivity contribution < 1.29 is 14.3 Å². The molecule has 0 radical (unpaired) electrons. The van der Waals surface area contributed by atoms with Gasteiger partial charge in [-0.2, -0.15) is 0 Å². The first kappa shape index (κ1) is 14.0. The second-order valence-electron chi connectivity index (χ2n) is 4.93. The molecule has 20 heavy (non-hydrogen) atoms. The zero-order valence-corrected chi connectivity index (χ0v) is 11.4. The van der Waals surface area contributed by atoms with Gasteiger partial charge >= 0.3 is 5.97 Å². The molecule has 1 unspecified atom stereocenters. The Morgan fingerprint density at radius 2 is 2.35 bits per heavy atom. The molecule has 0 saturated carbocycles. The molecule has 1 heterocycles. The van der Waals surface area contributed by atoms with Gasteiger partial charge < -0.3 is 9.72 Å². The molecule has 1 N–H and O–H groups in total. The fourth-order valence-electron chi connectivity index (χ4n) is 1.91. The number of hydrogen-bond acceptors (Lipinski definition) is 4. The minimum atomic E-state index is -0.502. The predicted molar refractivity (Wildman–Crippen MR) is 73.6 cm³/mol. The second kappa shape index (κ2) is 6.17. The Labute approximate surface area is 117 Å². The largest absolute Gasteiger partial charge is 0.462 e. The van der Waals surface area contributed by atoms with Gasteiger partial charge in [-0.3, -0.25) is 0 Å². The number of nitrogens with one attached hydrogen (secondary N) is 1. The number of ether oxygens (including phenoxy) is 1. The fraction of sp³-hybridized carbons (Fsp3) is 0.333. The third-order valence-corrected chi connectivity index (χ3v) is 2.86. The summed E-state index contributed by atoms with van der Waals surface area (Å²) in [6.07, 6.45) is 8.35. The maximum absolute atomic E-state index is 12.0. The molecule has 2 rings (SSSR count). The van der Waals surface area contributed by atoms with Crippen molar-refractivity contribution in [1.82, 2.24) is 9.97 Å². The van der Waals surface area contributed by atoms with Crippen LogP contribution in [-0.4, -0.2) is 28.5 Å². The minimum Gasteiger partial charge on any atom is -0.462 e. The van der Waals surface area contributed by atoms with Gasteiger partial charge in [-0.25, -0.2) is 14.6 Å². The first-order chi connectivity index (χ1) is 9.63. The maximum atomic E-state index is 12.0. The molecule has 0 amide bonds. The fourth-order valence-corrected chi connectivity index (χ4v) is 1.91. The number of aromatic amines is 1. The summed E-state index contributed by atoms with van der Waals surface area (Å²) in [6, 6.07) is 0. The molecule has 0 spiro atoms. The number of H-pyrrole nitrogens is 1. The van der Waals surface area contributed by atoms with Crippen molar-refractivity contribution in [3.05, 3.63) is 47.6 Å². The molecule has 0 aromatic carbocycles. The van der Waals surface area contributed by atoms with Gasteiger partial charge in [0, 0.05) is 12.4 Å². The lowest BCUT2D eigenvalue weighted by atomic mass is 9.88. The number of allylic oxidation sites excluding steroid dienone is 3. The van der Waals surface area contributed by atoms with Crippen molar-refractivity contribution in [1.29, 1.82) is 0 Å².